The van der Waals surface area contributed by atoms with Crippen molar-refractivity contribution < 1.29 is 9.21 Å². The number of amides is 1. The van der Waals surface area contributed by atoms with E-state index >= 15 is 0 Å². The van der Waals surface area contributed by atoms with Gasteiger partial charge in [0.25, 0.3) is 5.91 Å². The molecule has 3 N–H and O–H groups in total. The number of hydrogen-bond donors (Lipinski definition) is 3. The minimum atomic E-state index is -0.590. The van der Waals surface area contributed by atoms with Gasteiger partial charge >= 0.3 is 5.63 Å². The van der Waals surface area contributed by atoms with Crippen LogP contribution < -0.4 is 16.3 Å². The number of rotatable bonds is 4. The maximum absolute atomic E-state index is 12.7. The lowest BCUT2D eigenvalue weighted by Gasteiger charge is -2.22. The highest BCUT2D eigenvalue weighted by atomic mass is 35.5. The molecule has 1 amide bonds. The lowest BCUT2D eigenvalue weighted by Crippen LogP contribution is -2.30. The van der Waals surface area contributed by atoms with Gasteiger partial charge < -0.3 is 15.1 Å². The predicted octanol–water partition coefficient (Wildman–Crippen LogP) is 3.90. The molecule has 3 heterocycles. The van der Waals surface area contributed by atoms with Crippen molar-refractivity contribution in [1.82, 2.24) is 15.5 Å². The minimum absolute atomic E-state index is 0. The molecule has 1 aliphatic heterocycles. The zero-order valence-corrected chi connectivity index (χ0v) is 18.1. The molecular weight excluding hydrogens is 427 g/mol. The zero-order chi connectivity index (χ0) is 19.5. The van der Waals surface area contributed by atoms with Crippen LogP contribution >= 0.6 is 24.8 Å². The summed E-state index contributed by atoms with van der Waals surface area (Å²) in [5.74, 6) is 0.360. The molecule has 2 aromatic heterocycles. The van der Waals surface area contributed by atoms with Crippen LogP contribution in [0.25, 0.3) is 11.1 Å². The number of piperidine rings is 1. The quantitative estimate of drug-likeness (QED) is 0.559. The van der Waals surface area contributed by atoms with Gasteiger partial charge in [0.15, 0.2) is 0 Å². The summed E-state index contributed by atoms with van der Waals surface area (Å²) in [6, 6.07) is 9.17. The summed E-state index contributed by atoms with van der Waals surface area (Å²) in [6.45, 7) is 3.55. The Kier molecular flexibility index (Phi) is 8.23. The number of carbonyl (C=O) groups is 1. The van der Waals surface area contributed by atoms with E-state index in [2.05, 4.69) is 20.8 Å². The van der Waals surface area contributed by atoms with Crippen molar-refractivity contribution in [3.05, 3.63) is 70.0 Å². The third-order valence-corrected chi connectivity index (χ3v) is 5.07. The van der Waals surface area contributed by atoms with E-state index in [1.807, 2.05) is 18.2 Å². The second-order valence-corrected chi connectivity index (χ2v) is 7.06. The lowest BCUT2D eigenvalue weighted by molar-refractivity contribution is 0.102. The van der Waals surface area contributed by atoms with Gasteiger partial charge in [-0.25, -0.2) is 4.79 Å². The number of halogens is 2. The topological polar surface area (TPSA) is 100 Å². The van der Waals surface area contributed by atoms with Crippen molar-refractivity contribution in [2.75, 3.05) is 18.4 Å². The molecule has 1 saturated heterocycles. The molecule has 3 aromatic rings. The highest BCUT2D eigenvalue weighted by Crippen LogP contribution is 2.24. The van der Waals surface area contributed by atoms with Gasteiger partial charge in [-0.2, -0.15) is 5.10 Å². The van der Waals surface area contributed by atoms with E-state index in [0.29, 0.717) is 17.0 Å². The van der Waals surface area contributed by atoms with Gasteiger partial charge in [0, 0.05) is 29.9 Å². The van der Waals surface area contributed by atoms with E-state index in [4.69, 9.17) is 4.42 Å². The summed E-state index contributed by atoms with van der Waals surface area (Å²) in [7, 11) is 0. The van der Waals surface area contributed by atoms with Gasteiger partial charge in [0.1, 0.15) is 11.3 Å². The molecule has 0 radical (unpaired) electrons. The van der Waals surface area contributed by atoms with Crippen molar-refractivity contribution in [1.29, 1.82) is 0 Å². The Labute approximate surface area is 186 Å². The van der Waals surface area contributed by atoms with Crippen molar-refractivity contribution >= 4 is 36.4 Å². The molecule has 0 aliphatic carbocycles. The summed E-state index contributed by atoms with van der Waals surface area (Å²) >= 11 is 0. The average Bonchev–Trinajstić information content (AvgIpc) is 3.23. The molecule has 1 atom stereocenters. The third kappa shape index (κ3) is 5.11. The van der Waals surface area contributed by atoms with Crippen LogP contribution in [0.5, 0.6) is 0 Å². The number of nitrogens with zero attached hydrogens (tertiary/aromatic N) is 1. The number of nitrogens with one attached hydrogen (secondary N) is 3. The summed E-state index contributed by atoms with van der Waals surface area (Å²) in [5.41, 5.74) is 2.63. The summed E-state index contributed by atoms with van der Waals surface area (Å²) in [5, 5.41) is 12.8. The molecular formula is C21H24Cl2N4O3. The smallest absolute Gasteiger partial charge is 0.349 e. The number of anilines is 1. The fourth-order valence-electron chi connectivity index (χ4n) is 3.55. The molecule has 0 bridgehead atoms. The number of aromatic amines is 1. The SMILES string of the molecule is Cc1cc(C2CCCNC2)oc(=O)c1C(=O)Nc1ccc(-c2cn[nH]c2)cc1.Cl.Cl. The molecule has 160 valence electrons. The van der Waals surface area contributed by atoms with Crippen molar-refractivity contribution in [2.45, 2.75) is 25.7 Å². The van der Waals surface area contributed by atoms with Gasteiger partial charge in [0.2, 0.25) is 0 Å². The molecule has 0 saturated carbocycles. The van der Waals surface area contributed by atoms with E-state index < -0.39 is 11.5 Å². The molecule has 1 fully saturated rings. The van der Waals surface area contributed by atoms with Gasteiger partial charge in [-0.1, -0.05) is 12.1 Å². The summed E-state index contributed by atoms with van der Waals surface area (Å²) < 4.78 is 5.49. The number of aromatic nitrogens is 2. The van der Waals surface area contributed by atoms with Crippen LogP contribution in [-0.4, -0.2) is 29.2 Å². The maximum atomic E-state index is 12.7. The predicted molar refractivity (Wildman–Crippen MR) is 121 cm³/mol. The fourth-order valence-corrected chi connectivity index (χ4v) is 3.55. The Hall–Kier alpha value is -2.61. The Balaban J connectivity index is 0.00000160. The molecule has 1 aliphatic rings. The number of benzene rings is 1. The monoisotopic (exact) mass is 450 g/mol. The van der Waals surface area contributed by atoms with E-state index in [1.165, 1.54) is 0 Å². The first-order chi connectivity index (χ1) is 13.6. The highest BCUT2D eigenvalue weighted by molar-refractivity contribution is 6.05. The van der Waals surface area contributed by atoms with Gasteiger partial charge in [0.05, 0.1) is 6.20 Å². The Bertz CT molecular complexity index is 1030. The lowest BCUT2D eigenvalue weighted by atomic mass is 9.95. The van der Waals surface area contributed by atoms with Crippen LogP contribution in [0.4, 0.5) is 5.69 Å². The molecule has 4 rings (SSSR count). The molecule has 9 heteroatoms. The number of H-pyrrole nitrogens is 1. The molecule has 0 spiro atoms. The van der Waals surface area contributed by atoms with Crippen LogP contribution in [0, 0.1) is 6.92 Å². The first kappa shape index (κ1) is 23.7. The van der Waals surface area contributed by atoms with E-state index in [-0.39, 0.29) is 36.3 Å². The minimum Gasteiger partial charge on any atom is -0.427 e. The zero-order valence-electron chi connectivity index (χ0n) is 16.4. The maximum Gasteiger partial charge on any atom is 0.349 e. The second kappa shape index (κ2) is 10.4. The Morgan fingerprint density at radius 3 is 2.57 bits per heavy atom. The fraction of sp³-hybridized carbons (Fsp3) is 0.286. The third-order valence-electron chi connectivity index (χ3n) is 5.07. The largest absolute Gasteiger partial charge is 0.427 e. The Morgan fingerprint density at radius 2 is 1.97 bits per heavy atom. The summed E-state index contributed by atoms with van der Waals surface area (Å²) in [4.78, 5) is 25.1. The standard InChI is InChI=1S/C21H22N4O3.2ClH/c1-13-9-18(15-3-2-8-22-10-15)28-21(27)19(13)20(26)25-17-6-4-14(5-7-17)16-11-23-24-12-16;;/h4-7,9,11-12,15,22H,2-3,8,10H2,1H3,(H,23,24)(H,25,26);2*1H. The first-order valence-electron chi connectivity index (χ1n) is 9.38. The Morgan fingerprint density at radius 1 is 1.20 bits per heavy atom. The van der Waals surface area contributed by atoms with Crippen LogP contribution in [-0.2, 0) is 0 Å². The van der Waals surface area contributed by atoms with Crippen LogP contribution in [0.3, 0.4) is 0 Å². The second-order valence-electron chi connectivity index (χ2n) is 7.06. The summed E-state index contributed by atoms with van der Waals surface area (Å²) in [6.07, 6.45) is 5.55. The van der Waals surface area contributed by atoms with Gasteiger partial charge in [-0.3, -0.25) is 9.89 Å². The average molecular weight is 451 g/mol. The molecule has 1 unspecified atom stereocenters. The number of aryl methyl sites for hydroxylation is 1. The van der Waals surface area contributed by atoms with Gasteiger partial charge in [-0.15, -0.1) is 24.8 Å². The number of hydrogen-bond acceptors (Lipinski definition) is 5. The van der Waals surface area contributed by atoms with E-state index in [1.54, 1.807) is 31.5 Å². The van der Waals surface area contributed by atoms with E-state index in [0.717, 1.165) is 37.1 Å². The molecule has 30 heavy (non-hydrogen) atoms. The van der Waals surface area contributed by atoms with Crippen molar-refractivity contribution in [3.63, 3.8) is 0 Å². The van der Waals surface area contributed by atoms with Crippen molar-refractivity contribution in [3.8, 4) is 11.1 Å². The highest BCUT2D eigenvalue weighted by Gasteiger charge is 2.22. The normalized spacial score (nSPS) is 15.6. The van der Waals surface area contributed by atoms with Crippen molar-refractivity contribution in [2.24, 2.45) is 0 Å². The molecule has 7 nitrogen and oxygen atoms in total. The van der Waals surface area contributed by atoms with Crippen LogP contribution in [0.2, 0.25) is 0 Å². The number of carbonyl (C=O) groups excluding carboxylic acids is 1. The van der Waals surface area contributed by atoms with Crippen LogP contribution in [0.1, 0.15) is 40.4 Å². The van der Waals surface area contributed by atoms with Gasteiger partial charge in [-0.05, 0) is 55.6 Å². The van der Waals surface area contributed by atoms with E-state index in [9.17, 15) is 9.59 Å². The first-order valence-corrected chi connectivity index (χ1v) is 9.38. The van der Waals surface area contributed by atoms with Crippen LogP contribution in [0.15, 0.2) is 51.9 Å². The molecule has 1 aromatic carbocycles.